The number of fused-ring (bicyclic) bond motifs is 1. The largest absolute Gasteiger partial charge is 0.306 e. The summed E-state index contributed by atoms with van der Waals surface area (Å²) in [6.07, 6.45) is 5.61. The van der Waals surface area contributed by atoms with Gasteiger partial charge in [-0.2, -0.15) is 0 Å². The third-order valence-electron chi connectivity index (χ3n) is 4.79. The molecule has 1 nitrogen and oxygen atoms in total. The molecule has 0 amide bonds. The van der Waals surface area contributed by atoms with E-state index in [1.54, 1.807) is 0 Å². The van der Waals surface area contributed by atoms with Crippen molar-refractivity contribution < 1.29 is 0 Å². The van der Waals surface area contributed by atoms with Crippen molar-refractivity contribution in [1.29, 1.82) is 0 Å². The van der Waals surface area contributed by atoms with Crippen molar-refractivity contribution in [3.8, 4) is 0 Å². The molecule has 0 bridgehead atoms. The molecular formula is C17H25NS. The van der Waals surface area contributed by atoms with Crippen molar-refractivity contribution in [2.75, 3.05) is 5.75 Å². The highest BCUT2D eigenvalue weighted by molar-refractivity contribution is 7.99. The average Bonchev–Trinajstić information content (AvgIpc) is 2.83. The number of hydrogen-bond acceptors (Lipinski definition) is 2. The number of thioether (sulfide) groups is 1. The lowest BCUT2D eigenvalue weighted by Crippen LogP contribution is -2.42. The molecule has 19 heavy (non-hydrogen) atoms. The molecule has 1 aliphatic carbocycles. The molecule has 1 aliphatic heterocycles. The van der Waals surface area contributed by atoms with E-state index in [0.29, 0.717) is 6.04 Å². The Morgan fingerprint density at radius 3 is 2.79 bits per heavy atom. The molecule has 0 radical (unpaired) electrons. The van der Waals surface area contributed by atoms with Crippen LogP contribution in [0.3, 0.4) is 0 Å². The first-order valence-electron chi connectivity index (χ1n) is 7.73. The highest BCUT2D eigenvalue weighted by atomic mass is 32.2. The molecule has 104 valence electrons. The smallest absolute Gasteiger partial charge is 0.0428 e. The van der Waals surface area contributed by atoms with Gasteiger partial charge in [0.15, 0.2) is 0 Å². The van der Waals surface area contributed by atoms with Crippen molar-refractivity contribution in [2.24, 2.45) is 11.8 Å². The van der Waals surface area contributed by atoms with Crippen LogP contribution in [0.5, 0.6) is 0 Å². The van der Waals surface area contributed by atoms with Gasteiger partial charge in [-0.05, 0) is 36.3 Å². The summed E-state index contributed by atoms with van der Waals surface area (Å²) in [5.74, 6) is 2.88. The van der Waals surface area contributed by atoms with Crippen LogP contribution in [0.1, 0.15) is 51.1 Å². The summed E-state index contributed by atoms with van der Waals surface area (Å²) in [6, 6.07) is 10.2. The molecule has 3 unspecified atom stereocenters. The molecular weight excluding hydrogens is 250 g/mol. The van der Waals surface area contributed by atoms with Crippen LogP contribution in [0, 0.1) is 11.8 Å². The lowest BCUT2D eigenvalue weighted by molar-refractivity contribution is 0.195. The zero-order valence-corrected chi connectivity index (χ0v) is 12.9. The van der Waals surface area contributed by atoms with E-state index >= 15 is 0 Å². The number of rotatable bonds is 3. The maximum absolute atomic E-state index is 3.98. The molecule has 1 aromatic rings. The number of nitrogens with one attached hydrogen (secondary N) is 1. The van der Waals surface area contributed by atoms with Gasteiger partial charge in [-0.15, -0.1) is 11.8 Å². The van der Waals surface area contributed by atoms with Crippen LogP contribution >= 0.6 is 11.8 Å². The van der Waals surface area contributed by atoms with Gasteiger partial charge >= 0.3 is 0 Å². The second kappa shape index (κ2) is 5.88. The second-order valence-corrected chi connectivity index (χ2v) is 7.43. The van der Waals surface area contributed by atoms with Crippen molar-refractivity contribution in [3.05, 3.63) is 29.8 Å². The fourth-order valence-corrected chi connectivity index (χ4v) is 4.90. The quantitative estimate of drug-likeness (QED) is 0.862. The Labute approximate surface area is 121 Å². The Morgan fingerprint density at radius 1 is 1.16 bits per heavy atom. The normalized spacial score (nSPS) is 30.6. The van der Waals surface area contributed by atoms with E-state index in [1.807, 2.05) is 11.8 Å². The first-order chi connectivity index (χ1) is 9.25. The molecule has 0 aromatic heterocycles. The molecule has 1 saturated carbocycles. The Balaban J connectivity index is 1.71. The van der Waals surface area contributed by atoms with E-state index in [4.69, 9.17) is 0 Å². The van der Waals surface area contributed by atoms with Gasteiger partial charge in [-0.25, -0.2) is 0 Å². The van der Waals surface area contributed by atoms with Crippen LogP contribution in [-0.2, 0) is 0 Å². The molecule has 3 rings (SSSR count). The summed E-state index contributed by atoms with van der Waals surface area (Å²) in [6.45, 7) is 4.78. The molecule has 1 aromatic carbocycles. The first kappa shape index (κ1) is 13.5. The van der Waals surface area contributed by atoms with Crippen molar-refractivity contribution in [2.45, 2.75) is 56.5 Å². The summed E-state index contributed by atoms with van der Waals surface area (Å²) in [5.41, 5.74) is 1.53. The minimum Gasteiger partial charge on any atom is -0.306 e. The van der Waals surface area contributed by atoms with E-state index in [0.717, 1.165) is 17.9 Å². The molecule has 0 saturated heterocycles. The summed E-state index contributed by atoms with van der Waals surface area (Å²) in [5, 5.41) is 3.98. The second-order valence-electron chi connectivity index (χ2n) is 6.37. The van der Waals surface area contributed by atoms with Crippen molar-refractivity contribution in [3.63, 3.8) is 0 Å². The zero-order chi connectivity index (χ0) is 13.2. The van der Waals surface area contributed by atoms with E-state index < -0.39 is 0 Å². The third-order valence-corrected chi connectivity index (χ3v) is 5.97. The molecule has 1 heterocycles. The summed E-state index contributed by atoms with van der Waals surface area (Å²) >= 11 is 2.01. The highest BCUT2D eigenvalue weighted by Crippen LogP contribution is 2.40. The first-order valence-corrected chi connectivity index (χ1v) is 8.72. The maximum atomic E-state index is 3.98. The maximum Gasteiger partial charge on any atom is 0.0428 e. The summed E-state index contributed by atoms with van der Waals surface area (Å²) < 4.78 is 0. The minimum absolute atomic E-state index is 0.575. The Bertz CT molecular complexity index is 429. The summed E-state index contributed by atoms with van der Waals surface area (Å²) in [4.78, 5) is 1.48. The standard InChI is InChI=1S/C17H25NS/c1-12(2)13-7-3-5-9-15(13)18-16-11-19-17-10-6-4-8-14(16)17/h4,6,8,10,12-13,15-16,18H,3,5,7,9,11H2,1-2H3. The average molecular weight is 275 g/mol. The van der Waals surface area contributed by atoms with E-state index in [9.17, 15) is 0 Å². The Morgan fingerprint density at radius 2 is 1.95 bits per heavy atom. The van der Waals surface area contributed by atoms with Gasteiger partial charge in [0.1, 0.15) is 0 Å². The van der Waals surface area contributed by atoms with Crippen LogP contribution < -0.4 is 5.32 Å². The molecule has 0 spiro atoms. The van der Waals surface area contributed by atoms with Crippen molar-refractivity contribution >= 4 is 11.8 Å². The van der Waals surface area contributed by atoms with Crippen LogP contribution in [0.25, 0.3) is 0 Å². The zero-order valence-electron chi connectivity index (χ0n) is 12.1. The predicted molar refractivity (Wildman–Crippen MR) is 83.6 cm³/mol. The molecule has 3 atom stereocenters. The van der Waals surface area contributed by atoms with Gasteiger partial charge in [0.05, 0.1) is 0 Å². The van der Waals surface area contributed by atoms with Gasteiger partial charge in [-0.1, -0.05) is 44.9 Å². The monoisotopic (exact) mass is 275 g/mol. The lowest BCUT2D eigenvalue weighted by atomic mass is 9.77. The molecule has 2 aliphatic rings. The fraction of sp³-hybridized carbons (Fsp3) is 0.647. The SMILES string of the molecule is CC(C)C1CCCCC1NC1CSc2ccccc21. The fourth-order valence-electron chi connectivity index (χ4n) is 3.72. The minimum atomic E-state index is 0.575. The number of benzene rings is 1. The lowest BCUT2D eigenvalue weighted by Gasteiger charge is -2.37. The Hall–Kier alpha value is -0.470. The van der Waals surface area contributed by atoms with Gasteiger partial charge in [-0.3, -0.25) is 0 Å². The topological polar surface area (TPSA) is 12.0 Å². The van der Waals surface area contributed by atoms with Crippen LogP contribution in [0.15, 0.2) is 29.2 Å². The highest BCUT2D eigenvalue weighted by Gasteiger charge is 2.31. The summed E-state index contributed by atoms with van der Waals surface area (Å²) in [7, 11) is 0. The Kier molecular flexibility index (Phi) is 4.18. The van der Waals surface area contributed by atoms with Gasteiger partial charge < -0.3 is 5.32 Å². The van der Waals surface area contributed by atoms with E-state index in [2.05, 4.69) is 43.4 Å². The molecule has 2 heteroatoms. The van der Waals surface area contributed by atoms with Gasteiger partial charge in [0.2, 0.25) is 0 Å². The molecule has 1 fully saturated rings. The predicted octanol–water partition coefficient (Wildman–Crippen LogP) is 4.64. The van der Waals surface area contributed by atoms with E-state index in [-0.39, 0.29) is 0 Å². The van der Waals surface area contributed by atoms with Gasteiger partial charge in [0, 0.05) is 22.7 Å². The van der Waals surface area contributed by atoms with Crippen LogP contribution in [0.2, 0.25) is 0 Å². The van der Waals surface area contributed by atoms with Crippen LogP contribution in [0.4, 0.5) is 0 Å². The number of hydrogen-bond donors (Lipinski definition) is 1. The third kappa shape index (κ3) is 2.85. The van der Waals surface area contributed by atoms with Crippen LogP contribution in [-0.4, -0.2) is 11.8 Å². The molecule has 1 N–H and O–H groups in total. The van der Waals surface area contributed by atoms with Crippen molar-refractivity contribution in [1.82, 2.24) is 5.32 Å². The van der Waals surface area contributed by atoms with E-state index in [1.165, 1.54) is 41.9 Å². The van der Waals surface area contributed by atoms with Gasteiger partial charge in [0.25, 0.3) is 0 Å².